The summed E-state index contributed by atoms with van der Waals surface area (Å²) in [6.07, 6.45) is 6.58. The molecule has 0 aromatic heterocycles. The van der Waals surface area contributed by atoms with E-state index in [0.717, 1.165) is 51.4 Å². The second-order valence-corrected chi connectivity index (χ2v) is 10.4. The molecular formula is C20H40NNaO10S2. The molecule has 0 aromatic rings. The standard InChI is InChI=1S/C20H38O7S.H3NO3S.Na/c1-5-9-11-16(7-3)14-26-19(21)13-18(28(23,24)25)20(22)27-15-17(8-4)12-10-6-2;1-5(2,3)4;/h16-18H,5-15H2,1-4H3,(H,23,24,25);(H3,1,2,3,4);/q;;+1/p-1. The fourth-order valence-electron chi connectivity index (χ4n) is 2.81. The van der Waals surface area contributed by atoms with Crippen molar-refractivity contribution in [1.82, 2.24) is 0 Å². The Hall–Kier alpha value is -0.280. The average molecular weight is 542 g/mol. The van der Waals surface area contributed by atoms with Crippen LogP contribution < -0.4 is 34.7 Å². The van der Waals surface area contributed by atoms with Gasteiger partial charge < -0.3 is 14.0 Å². The van der Waals surface area contributed by atoms with Gasteiger partial charge in [-0.3, -0.25) is 14.1 Å². The maximum Gasteiger partial charge on any atom is 1.00 e. The zero-order chi connectivity index (χ0) is 26.1. The average Bonchev–Trinajstić information content (AvgIpc) is 2.70. The summed E-state index contributed by atoms with van der Waals surface area (Å²) >= 11 is 0. The Morgan fingerprint density at radius 3 is 1.59 bits per heavy atom. The first-order valence-electron chi connectivity index (χ1n) is 11.2. The smallest absolute Gasteiger partial charge is 0.747 e. The van der Waals surface area contributed by atoms with Crippen LogP contribution in [0.1, 0.15) is 85.5 Å². The van der Waals surface area contributed by atoms with Crippen LogP contribution in [0.15, 0.2) is 0 Å². The topological polar surface area (TPSA) is 190 Å². The first kappa shape index (κ1) is 38.3. The van der Waals surface area contributed by atoms with E-state index in [4.69, 9.17) is 22.4 Å². The fraction of sp³-hybridized carbons (Fsp3) is 0.900. The molecule has 3 unspecified atom stereocenters. The van der Waals surface area contributed by atoms with Gasteiger partial charge in [0.1, 0.15) is 10.1 Å². The van der Waals surface area contributed by atoms with E-state index in [9.17, 15) is 22.6 Å². The maximum absolute atomic E-state index is 12.1. The van der Waals surface area contributed by atoms with Crippen LogP contribution in [-0.2, 0) is 39.5 Å². The predicted octanol–water partition coefficient (Wildman–Crippen LogP) is -0.439. The summed E-state index contributed by atoms with van der Waals surface area (Å²) in [5, 5.41) is 1.83. The molecule has 0 saturated carbocycles. The number of hydrogen-bond acceptors (Lipinski definition) is 9. The third-order valence-electron chi connectivity index (χ3n) is 4.99. The molecule has 34 heavy (non-hydrogen) atoms. The Morgan fingerprint density at radius 2 is 1.26 bits per heavy atom. The number of nitrogens with two attached hydrogens (primary N) is 1. The molecule has 14 heteroatoms. The first-order valence-corrected chi connectivity index (χ1v) is 14.2. The Kier molecular flexibility index (Phi) is 23.5. The predicted molar refractivity (Wildman–Crippen MR) is 122 cm³/mol. The van der Waals surface area contributed by atoms with Crippen LogP contribution in [0, 0.1) is 11.8 Å². The van der Waals surface area contributed by atoms with Gasteiger partial charge in [-0.25, -0.2) is 13.6 Å². The van der Waals surface area contributed by atoms with Gasteiger partial charge in [-0.2, -0.15) is 8.42 Å². The molecule has 198 valence electrons. The van der Waals surface area contributed by atoms with E-state index in [1.165, 1.54) is 0 Å². The Morgan fingerprint density at radius 1 is 0.882 bits per heavy atom. The van der Waals surface area contributed by atoms with Crippen molar-refractivity contribution in [3.8, 4) is 0 Å². The maximum atomic E-state index is 12.1. The van der Waals surface area contributed by atoms with Gasteiger partial charge in [-0.05, 0) is 24.7 Å². The second kappa shape index (κ2) is 20.9. The van der Waals surface area contributed by atoms with Crippen molar-refractivity contribution in [2.24, 2.45) is 17.0 Å². The molecule has 0 amide bonds. The van der Waals surface area contributed by atoms with Crippen molar-refractivity contribution in [3.63, 3.8) is 0 Å². The van der Waals surface area contributed by atoms with E-state index in [-0.39, 0.29) is 54.6 Å². The number of esters is 2. The van der Waals surface area contributed by atoms with Gasteiger partial charge in [-0.15, -0.1) is 0 Å². The molecule has 0 spiro atoms. The summed E-state index contributed by atoms with van der Waals surface area (Å²) in [6, 6.07) is 0. The van der Waals surface area contributed by atoms with E-state index >= 15 is 0 Å². The monoisotopic (exact) mass is 541 g/mol. The molecule has 3 N–H and O–H groups in total. The van der Waals surface area contributed by atoms with Crippen molar-refractivity contribution in [3.05, 3.63) is 0 Å². The minimum atomic E-state index is -5.01. The number of carbonyl (C=O) groups is 2. The van der Waals surface area contributed by atoms with Crippen LogP contribution in [0.3, 0.4) is 0 Å². The Bertz CT molecular complexity index is 751. The van der Waals surface area contributed by atoms with Crippen LogP contribution in [-0.4, -0.2) is 56.3 Å². The molecule has 0 aliphatic carbocycles. The number of unbranched alkanes of at least 4 members (excludes halogenated alkanes) is 2. The van der Waals surface area contributed by atoms with Gasteiger partial charge in [-0.1, -0.05) is 66.2 Å². The molecule has 0 radical (unpaired) electrons. The number of hydrogen-bond donors (Lipinski definition) is 2. The largest absolute Gasteiger partial charge is 1.00 e. The van der Waals surface area contributed by atoms with E-state index in [2.05, 4.69) is 19.0 Å². The van der Waals surface area contributed by atoms with Gasteiger partial charge in [0.15, 0.2) is 5.25 Å². The summed E-state index contributed by atoms with van der Waals surface area (Å²) in [5.41, 5.74) is 0. The Balaban J connectivity index is -0.00000144. The third kappa shape index (κ3) is 23.5. The van der Waals surface area contributed by atoms with Crippen LogP contribution in [0.5, 0.6) is 0 Å². The molecule has 3 atom stereocenters. The normalized spacial score (nSPS) is 14.0. The van der Waals surface area contributed by atoms with E-state index in [1.807, 2.05) is 13.8 Å². The molecule has 11 nitrogen and oxygen atoms in total. The Labute approximate surface area is 226 Å². The first-order chi connectivity index (χ1) is 15.2. The zero-order valence-corrected chi connectivity index (χ0v) is 24.7. The molecular weight excluding hydrogens is 501 g/mol. The van der Waals surface area contributed by atoms with Gasteiger partial charge in [0.25, 0.3) is 0 Å². The second-order valence-electron chi connectivity index (χ2n) is 7.85. The van der Waals surface area contributed by atoms with Crippen molar-refractivity contribution >= 4 is 32.4 Å². The molecule has 0 bridgehead atoms. The van der Waals surface area contributed by atoms with Crippen molar-refractivity contribution in [1.29, 1.82) is 0 Å². The van der Waals surface area contributed by atoms with Gasteiger partial charge in [0, 0.05) is 0 Å². The van der Waals surface area contributed by atoms with Crippen molar-refractivity contribution in [2.75, 3.05) is 13.2 Å². The van der Waals surface area contributed by atoms with E-state index in [0.29, 0.717) is 0 Å². The summed E-state index contributed by atoms with van der Waals surface area (Å²) in [5.74, 6) is -1.74. The minimum absolute atomic E-state index is 0. The number of carbonyl (C=O) groups excluding carboxylic acids is 2. The number of ether oxygens (including phenoxy) is 2. The van der Waals surface area contributed by atoms with E-state index < -0.39 is 44.0 Å². The molecule has 0 fully saturated rings. The molecule has 0 aliphatic rings. The van der Waals surface area contributed by atoms with Gasteiger partial charge in [0.05, 0.1) is 19.6 Å². The molecule has 0 aromatic carbocycles. The summed E-state index contributed by atoms with van der Waals surface area (Å²) < 4.78 is 69.8. The number of rotatable bonds is 16. The minimum Gasteiger partial charge on any atom is -0.747 e. The molecule has 0 saturated heterocycles. The molecule has 0 aliphatic heterocycles. The summed E-state index contributed by atoms with van der Waals surface area (Å²) in [7, 11) is -9.18. The SMILES string of the molecule is CCCCC(CC)COC(=O)CC(C(=O)OCC(CC)CCCC)S(=O)(=O)[O-].NS(=O)(=O)O.[Na+]. The molecule has 0 rings (SSSR count). The molecule has 0 heterocycles. The van der Waals surface area contributed by atoms with Crippen LogP contribution >= 0.6 is 0 Å². The van der Waals surface area contributed by atoms with Gasteiger partial charge >= 0.3 is 51.8 Å². The van der Waals surface area contributed by atoms with Gasteiger partial charge in [0.2, 0.25) is 0 Å². The fourth-order valence-corrected chi connectivity index (χ4v) is 3.46. The third-order valence-corrected chi connectivity index (χ3v) is 6.05. The summed E-state index contributed by atoms with van der Waals surface area (Å²) in [6.45, 7) is 8.26. The zero-order valence-electron chi connectivity index (χ0n) is 21.0. The van der Waals surface area contributed by atoms with Crippen LogP contribution in [0.4, 0.5) is 0 Å². The van der Waals surface area contributed by atoms with Crippen LogP contribution in [0.25, 0.3) is 0 Å². The quantitative estimate of drug-likeness (QED) is 0.147. The van der Waals surface area contributed by atoms with Crippen molar-refractivity contribution < 1.29 is 74.6 Å². The summed E-state index contributed by atoms with van der Waals surface area (Å²) in [4.78, 5) is 24.1. The van der Waals surface area contributed by atoms with Crippen molar-refractivity contribution in [2.45, 2.75) is 90.7 Å². The van der Waals surface area contributed by atoms with E-state index in [1.54, 1.807) is 0 Å². The van der Waals surface area contributed by atoms with Crippen LogP contribution in [0.2, 0.25) is 0 Å².